The largest absolute Gasteiger partial charge is 0.507 e. The highest BCUT2D eigenvalue weighted by Crippen LogP contribution is 2.52. The number of aromatic hydroxyl groups is 2. The molecule has 2 aromatic rings. The third kappa shape index (κ3) is 5.67. The Morgan fingerprint density at radius 2 is 1.69 bits per heavy atom. The van der Waals surface area contributed by atoms with Crippen LogP contribution in [0, 0.1) is 0 Å². The summed E-state index contributed by atoms with van der Waals surface area (Å²) in [5.41, 5.74) is -3.59. The molecule has 2 aliphatic carbocycles. The van der Waals surface area contributed by atoms with E-state index in [1.807, 2.05) is 0 Å². The lowest BCUT2D eigenvalue weighted by Gasteiger charge is -2.43. The van der Waals surface area contributed by atoms with Gasteiger partial charge in [0.15, 0.2) is 24.0 Å². The van der Waals surface area contributed by atoms with Gasteiger partial charge in [-0.25, -0.2) is 4.79 Å². The van der Waals surface area contributed by atoms with E-state index in [4.69, 9.17) is 18.9 Å². The summed E-state index contributed by atoms with van der Waals surface area (Å²) < 4.78 is 22.7. The van der Waals surface area contributed by atoms with E-state index in [-0.39, 0.29) is 41.0 Å². The van der Waals surface area contributed by atoms with Gasteiger partial charge in [-0.15, -0.1) is 0 Å². The van der Waals surface area contributed by atoms with Crippen molar-refractivity contribution in [2.75, 3.05) is 13.7 Å². The van der Waals surface area contributed by atoms with Crippen molar-refractivity contribution in [2.45, 2.75) is 93.8 Å². The Bertz CT molecular complexity index is 1730. The van der Waals surface area contributed by atoms with E-state index in [1.54, 1.807) is 0 Å². The van der Waals surface area contributed by atoms with Crippen LogP contribution in [-0.2, 0) is 30.2 Å². The molecule has 0 saturated carbocycles. The number of aliphatic carboxylic acids is 1. The molecule has 2 aromatic carbocycles. The molecular formula is C33H37NO15. The predicted octanol–water partition coefficient (Wildman–Crippen LogP) is -0.766. The molecule has 4 aliphatic rings. The molecule has 264 valence electrons. The third-order valence-corrected chi connectivity index (χ3v) is 9.94. The maximum Gasteiger partial charge on any atom is 0.335 e. The standard InChI is InChI=1S/C33H37NO15/c1-11-24(36)15(34-10-18-27(39)30(42)31(49-18)32(43)44)7-19(47-11)48-17-9-33(45,12(2)35)8-14-21(17)29(41)23-22(26(14)38)25(37)13-5-4-6-16(46-3)20(13)28(23)40/h4-6,11,15,17-19,24,27,30-31,34,36,38-39,41-42,45H,7-10H2,1-3H3,(H,43,44). The Kier molecular flexibility index (Phi) is 9.04. The number of nitrogens with one attached hydrogen (secondary N) is 1. The first-order valence-electron chi connectivity index (χ1n) is 15.7. The summed E-state index contributed by atoms with van der Waals surface area (Å²) in [7, 11) is 1.31. The number of rotatable bonds is 8. The lowest BCUT2D eigenvalue weighted by atomic mass is 9.72. The number of benzene rings is 2. The van der Waals surface area contributed by atoms with Crippen molar-refractivity contribution in [3.05, 3.63) is 51.6 Å². The van der Waals surface area contributed by atoms with E-state index in [2.05, 4.69) is 5.32 Å². The molecule has 2 saturated heterocycles. The molecule has 0 amide bonds. The number of carbonyl (C=O) groups excluding carboxylic acids is 3. The highest BCUT2D eigenvalue weighted by molar-refractivity contribution is 6.31. The van der Waals surface area contributed by atoms with E-state index in [0.29, 0.717) is 0 Å². The fourth-order valence-corrected chi connectivity index (χ4v) is 7.22. The quantitative estimate of drug-likeness (QED) is 0.135. The zero-order chi connectivity index (χ0) is 35.7. The zero-order valence-electron chi connectivity index (χ0n) is 26.7. The summed E-state index contributed by atoms with van der Waals surface area (Å²) in [6, 6.07) is 3.52. The van der Waals surface area contributed by atoms with Gasteiger partial charge in [0.05, 0.1) is 48.2 Å². The lowest BCUT2D eigenvalue weighted by molar-refractivity contribution is -0.250. The van der Waals surface area contributed by atoms with Crippen molar-refractivity contribution in [2.24, 2.45) is 0 Å². The summed E-state index contributed by atoms with van der Waals surface area (Å²) in [6.45, 7) is 2.49. The van der Waals surface area contributed by atoms with Crippen molar-refractivity contribution in [3.63, 3.8) is 0 Å². The molecule has 2 fully saturated rings. The van der Waals surface area contributed by atoms with Gasteiger partial charge < -0.3 is 60.0 Å². The van der Waals surface area contributed by atoms with Crippen molar-refractivity contribution >= 4 is 23.3 Å². The predicted molar refractivity (Wildman–Crippen MR) is 162 cm³/mol. The summed E-state index contributed by atoms with van der Waals surface area (Å²) in [6.07, 6.45) is -11.6. The van der Waals surface area contributed by atoms with Gasteiger partial charge in [0.1, 0.15) is 35.1 Å². The number of aliphatic hydroxyl groups is 4. The molecule has 10 atom stereocenters. The van der Waals surface area contributed by atoms with Gasteiger partial charge in [-0.1, -0.05) is 12.1 Å². The summed E-state index contributed by atoms with van der Waals surface area (Å²) in [5, 5.41) is 78.0. The number of fused-ring (bicyclic) bond motifs is 3. The number of aliphatic hydroxyl groups excluding tert-OH is 3. The Morgan fingerprint density at radius 3 is 2.33 bits per heavy atom. The fraction of sp³-hybridized carbons (Fsp3) is 0.515. The van der Waals surface area contributed by atoms with Crippen molar-refractivity contribution in [1.29, 1.82) is 0 Å². The number of ether oxygens (including phenoxy) is 4. The van der Waals surface area contributed by atoms with Gasteiger partial charge in [-0.2, -0.15) is 0 Å². The molecule has 0 bridgehead atoms. The van der Waals surface area contributed by atoms with E-state index in [1.165, 1.54) is 32.2 Å². The Labute approximate surface area is 278 Å². The van der Waals surface area contributed by atoms with Crippen LogP contribution in [0.2, 0.25) is 0 Å². The van der Waals surface area contributed by atoms with Crippen molar-refractivity contribution in [1.82, 2.24) is 5.32 Å². The van der Waals surface area contributed by atoms with Gasteiger partial charge in [-0.3, -0.25) is 14.4 Å². The minimum absolute atomic E-state index is 0.0675. The van der Waals surface area contributed by atoms with Crippen LogP contribution in [0.25, 0.3) is 0 Å². The topological polar surface area (TPSA) is 259 Å². The third-order valence-electron chi connectivity index (χ3n) is 9.94. The number of carbonyl (C=O) groups is 4. The van der Waals surface area contributed by atoms with Crippen LogP contribution in [0.15, 0.2) is 18.2 Å². The monoisotopic (exact) mass is 687 g/mol. The number of phenolic OH excluding ortho intramolecular Hbond substituents is 2. The number of hydrogen-bond donors (Lipinski definition) is 8. The van der Waals surface area contributed by atoms with E-state index >= 15 is 0 Å². The first-order chi connectivity index (χ1) is 23.1. The summed E-state index contributed by atoms with van der Waals surface area (Å²) in [4.78, 5) is 51.6. The Morgan fingerprint density at radius 1 is 1.00 bits per heavy atom. The second-order valence-electron chi connectivity index (χ2n) is 12.9. The normalized spacial score (nSPS) is 33.8. The average molecular weight is 688 g/mol. The summed E-state index contributed by atoms with van der Waals surface area (Å²) in [5.74, 6) is -5.04. The van der Waals surface area contributed by atoms with Crippen LogP contribution in [0.3, 0.4) is 0 Å². The number of ketones is 3. The number of methoxy groups -OCH3 is 1. The molecule has 6 rings (SSSR count). The van der Waals surface area contributed by atoms with Crippen LogP contribution in [-0.4, -0.2) is 127 Å². The maximum atomic E-state index is 13.8. The first-order valence-corrected chi connectivity index (χ1v) is 15.7. The van der Waals surface area contributed by atoms with Crippen LogP contribution >= 0.6 is 0 Å². The first kappa shape index (κ1) is 34.8. The maximum absolute atomic E-state index is 13.8. The van der Waals surface area contributed by atoms with Gasteiger partial charge in [0, 0.05) is 48.5 Å². The minimum Gasteiger partial charge on any atom is -0.507 e. The molecule has 16 heteroatoms. The molecule has 0 spiro atoms. The van der Waals surface area contributed by atoms with E-state index in [9.17, 15) is 54.9 Å². The van der Waals surface area contributed by atoms with Crippen molar-refractivity contribution < 1.29 is 73.9 Å². The highest BCUT2D eigenvalue weighted by Gasteiger charge is 2.50. The molecular weight excluding hydrogens is 650 g/mol. The number of carboxylic acid groups (broad SMARTS) is 1. The molecule has 49 heavy (non-hydrogen) atoms. The van der Waals surface area contributed by atoms with Gasteiger partial charge in [0.2, 0.25) is 5.78 Å². The molecule has 10 unspecified atom stereocenters. The molecule has 2 aliphatic heterocycles. The SMILES string of the molecule is COc1cccc2c1C(=O)c1c(O)c3c(c(O)c1C2=O)CC(O)(C(C)=O)CC3OC1CC(NCC2OC(C(=O)O)C(O)C2O)C(O)C(C)O1. The highest BCUT2D eigenvalue weighted by atomic mass is 16.7. The van der Waals surface area contributed by atoms with Crippen LogP contribution < -0.4 is 10.1 Å². The van der Waals surface area contributed by atoms with Crippen LogP contribution in [0.5, 0.6) is 17.2 Å². The summed E-state index contributed by atoms with van der Waals surface area (Å²) >= 11 is 0. The zero-order valence-corrected chi connectivity index (χ0v) is 26.7. The van der Waals surface area contributed by atoms with Crippen LogP contribution in [0.1, 0.15) is 75.8 Å². The Hall–Kier alpha value is -4.00. The number of phenols is 2. The second-order valence-corrected chi connectivity index (χ2v) is 12.9. The average Bonchev–Trinajstić information content (AvgIpc) is 3.34. The van der Waals surface area contributed by atoms with E-state index in [0.717, 1.165) is 6.92 Å². The number of Topliss-reactive ketones (excluding diaryl/α,β-unsaturated/α-hetero) is 1. The fourth-order valence-electron chi connectivity index (χ4n) is 7.22. The lowest BCUT2D eigenvalue weighted by Crippen LogP contribution is -2.56. The number of hydrogen-bond acceptors (Lipinski definition) is 15. The smallest absolute Gasteiger partial charge is 0.335 e. The van der Waals surface area contributed by atoms with Crippen molar-refractivity contribution in [3.8, 4) is 17.2 Å². The number of carboxylic acids is 1. The molecule has 16 nitrogen and oxygen atoms in total. The Balaban J connectivity index is 1.33. The molecule has 0 aromatic heterocycles. The minimum atomic E-state index is -2.12. The van der Waals surface area contributed by atoms with Gasteiger partial charge in [0.25, 0.3) is 0 Å². The van der Waals surface area contributed by atoms with Gasteiger partial charge in [-0.05, 0) is 19.9 Å². The second kappa shape index (κ2) is 12.7. The van der Waals surface area contributed by atoms with Crippen LogP contribution in [0.4, 0.5) is 0 Å². The van der Waals surface area contributed by atoms with Gasteiger partial charge >= 0.3 is 5.97 Å². The molecule has 2 heterocycles. The molecule has 0 radical (unpaired) electrons. The molecule has 8 N–H and O–H groups in total. The van der Waals surface area contributed by atoms with E-state index < -0.39 is 119 Å².